The molecule has 1 fully saturated rings. The summed E-state index contributed by atoms with van der Waals surface area (Å²) in [5.74, 6) is -1.49. The van der Waals surface area contributed by atoms with Gasteiger partial charge >= 0.3 is 0 Å². The number of benzene rings is 4. The van der Waals surface area contributed by atoms with Crippen molar-refractivity contribution < 1.29 is 9.59 Å². The lowest BCUT2D eigenvalue weighted by Gasteiger charge is -2.52. The number of hydrogen-bond acceptors (Lipinski definition) is 3. The van der Waals surface area contributed by atoms with Crippen molar-refractivity contribution in [2.75, 3.05) is 4.90 Å². The number of carbonyl (C=O) groups excluding carboxylic acids is 2. The number of nitrogens with zero attached hydrogens (tertiary/aromatic N) is 2. The molecule has 0 aromatic heterocycles. The van der Waals surface area contributed by atoms with Crippen molar-refractivity contribution in [3.8, 4) is 0 Å². The van der Waals surface area contributed by atoms with E-state index in [4.69, 9.17) is 4.99 Å². The van der Waals surface area contributed by atoms with Gasteiger partial charge in [-0.2, -0.15) is 0 Å². The highest BCUT2D eigenvalue weighted by Gasteiger charge is 2.67. The van der Waals surface area contributed by atoms with Gasteiger partial charge in [0.25, 0.3) is 0 Å². The predicted octanol–water partition coefficient (Wildman–Crippen LogP) is 6.26. The topological polar surface area (TPSA) is 49.7 Å². The van der Waals surface area contributed by atoms with Crippen molar-refractivity contribution in [3.05, 3.63) is 130 Å². The lowest BCUT2D eigenvalue weighted by molar-refractivity contribution is -0.122. The molecule has 1 heterocycles. The van der Waals surface area contributed by atoms with Crippen molar-refractivity contribution in [1.29, 1.82) is 0 Å². The molecule has 2 bridgehead atoms. The number of aryl methyl sites for hydroxylation is 1. The minimum Gasteiger partial charge on any atom is -0.274 e. The average molecular weight is 483 g/mol. The van der Waals surface area contributed by atoms with E-state index < -0.39 is 17.3 Å². The largest absolute Gasteiger partial charge is 0.274 e. The first-order chi connectivity index (χ1) is 18.0. The van der Waals surface area contributed by atoms with Crippen molar-refractivity contribution in [2.45, 2.75) is 25.2 Å². The van der Waals surface area contributed by atoms with E-state index in [1.54, 1.807) is 0 Å². The SMILES string of the molecule is Cc1cccc(N=CC23c4ccccc4C(c4ccccc42)[C@@H]2C(=O)N(c4ccccc4)C(=O)[C@H]23)c1C. The van der Waals surface area contributed by atoms with Crippen molar-refractivity contribution in [2.24, 2.45) is 16.8 Å². The van der Waals surface area contributed by atoms with Gasteiger partial charge in [0.15, 0.2) is 0 Å². The third-order valence-corrected chi connectivity index (χ3v) is 8.68. The van der Waals surface area contributed by atoms with E-state index in [0.29, 0.717) is 5.69 Å². The first-order valence-electron chi connectivity index (χ1n) is 12.8. The Morgan fingerprint density at radius 3 is 2.03 bits per heavy atom. The highest BCUT2D eigenvalue weighted by molar-refractivity contribution is 6.25. The molecule has 0 unspecified atom stereocenters. The molecule has 4 heteroatoms. The third-order valence-electron chi connectivity index (χ3n) is 8.68. The Hall–Kier alpha value is -4.31. The number of imide groups is 1. The van der Waals surface area contributed by atoms with Crippen molar-refractivity contribution >= 4 is 29.4 Å². The molecule has 0 N–H and O–H groups in total. The summed E-state index contributed by atoms with van der Waals surface area (Å²) in [4.78, 5) is 35.0. The highest BCUT2D eigenvalue weighted by atomic mass is 16.2. The van der Waals surface area contributed by atoms with Crippen molar-refractivity contribution in [3.63, 3.8) is 0 Å². The molecule has 37 heavy (non-hydrogen) atoms. The summed E-state index contributed by atoms with van der Waals surface area (Å²) < 4.78 is 0. The Labute approximate surface area is 216 Å². The second-order valence-corrected chi connectivity index (χ2v) is 10.3. The molecule has 4 nitrogen and oxygen atoms in total. The van der Waals surface area contributed by atoms with E-state index in [-0.39, 0.29) is 17.7 Å². The minimum atomic E-state index is -0.848. The molecular formula is C33H26N2O2. The van der Waals surface area contributed by atoms with Gasteiger partial charge in [-0.1, -0.05) is 78.9 Å². The van der Waals surface area contributed by atoms with Crippen LogP contribution in [-0.2, 0) is 15.0 Å². The molecule has 1 saturated heterocycles. The van der Waals surface area contributed by atoms with E-state index >= 15 is 0 Å². The normalized spacial score (nSPS) is 25.4. The Kier molecular flexibility index (Phi) is 4.65. The number of amides is 2. The van der Waals surface area contributed by atoms with Crippen molar-refractivity contribution in [1.82, 2.24) is 0 Å². The number of rotatable bonds is 3. The molecule has 180 valence electrons. The molecule has 8 rings (SSSR count). The summed E-state index contributed by atoms with van der Waals surface area (Å²) in [5.41, 5.74) is 7.32. The highest BCUT2D eigenvalue weighted by Crippen LogP contribution is 2.63. The minimum absolute atomic E-state index is 0.125. The van der Waals surface area contributed by atoms with Gasteiger partial charge in [0, 0.05) is 12.1 Å². The molecule has 3 aliphatic carbocycles. The predicted molar refractivity (Wildman–Crippen MR) is 145 cm³/mol. The van der Waals surface area contributed by atoms with E-state index in [0.717, 1.165) is 33.5 Å². The maximum Gasteiger partial charge on any atom is 0.239 e. The molecule has 4 aromatic rings. The van der Waals surface area contributed by atoms with Gasteiger partial charge in [-0.05, 0) is 65.4 Å². The van der Waals surface area contributed by atoms with Gasteiger partial charge in [-0.3, -0.25) is 14.6 Å². The van der Waals surface area contributed by atoms with Crippen LogP contribution in [0, 0.1) is 25.7 Å². The van der Waals surface area contributed by atoms with Crippen LogP contribution in [0.2, 0.25) is 0 Å². The number of hydrogen-bond donors (Lipinski definition) is 0. The summed E-state index contributed by atoms with van der Waals surface area (Å²) in [6, 6.07) is 32.0. The molecular weight excluding hydrogens is 456 g/mol. The molecule has 0 spiro atoms. The van der Waals surface area contributed by atoms with Gasteiger partial charge in [0.2, 0.25) is 11.8 Å². The Bertz CT molecular complexity index is 1570. The maximum atomic E-state index is 14.3. The van der Waals surface area contributed by atoms with Crippen LogP contribution in [0.25, 0.3) is 0 Å². The molecule has 4 aromatic carbocycles. The maximum absolute atomic E-state index is 14.3. The average Bonchev–Trinajstić information content (AvgIpc) is 3.21. The zero-order valence-corrected chi connectivity index (χ0v) is 20.8. The van der Waals surface area contributed by atoms with Gasteiger partial charge in [0.05, 0.1) is 28.6 Å². The third kappa shape index (κ3) is 2.81. The van der Waals surface area contributed by atoms with Crippen LogP contribution < -0.4 is 4.90 Å². The van der Waals surface area contributed by atoms with Crippen LogP contribution in [0.1, 0.15) is 39.3 Å². The first kappa shape index (κ1) is 21.9. The second-order valence-electron chi connectivity index (χ2n) is 10.3. The Morgan fingerprint density at radius 1 is 0.730 bits per heavy atom. The van der Waals surface area contributed by atoms with E-state index in [1.165, 1.54) is 10.5 Å². The molecule has 1 aliphatic heterocycles. The lowest BCUT2D eigenvalue weighted by Crippen LogP contribution is -2.54. The lowest BCUT2D eigenvalue weighted by atomic mass is 9.47. The Morgan fingerprint density at radius 2 is 1.35 bits per heavy atom. The monoisotopic (exact) mass is 482 g/mol. The van der Waals surface area contributed by atoms with E-state index in [2.05, 4.69) is 44.2 Å². The number of aliphatic imine (C=N–C) groups is 1. The zero-order valence-electron chi connectivity index (χ0n) is 20.8. The molecule has 2 atom stereocenters. The van der Waals surface area contributed by atoms with Gasteiger partial charge in [-0.25, -0.2) is 4.90 Å². The van der Waals surface area contributed by atoms with E-state index in [1.807, 2.05) is 72.9 Å². The summed E-state index contributed by atoms with van der Waals surface area (Å²) in [6.07, 6.45) is 1.97. The molecule has 4 aliphatic rings. The van der Waals surface area contributed by atoms with Crippen LogP contribution in [0.15, 0.2) is 102 Å². The van der Waals surface area contributed by atoms with Crippen LogP contribution in [-0.4, -0.2) is 18.0 Å². The van der Waals surface area contributed by atoms with Gasteiger partial charge in [-0.15, -0.1) is 0 Å². The summed E-state index contributed by atoms with van der Waals surface area (Å²) in [5, 5.41) is 0. The van der Waals surface area contributed by atoms with E-state index in [9.17, 15) is 9.59 Å². The zero-order chi connectivity index (χ0) is 25.3. The number of para-hydroxylation sites is 1. The fourth-order valence-electron chi connectivity index (χ4n) is 6.93. The number of anilines is 1. The quantitative estimate of drug-likeness (QED) is 0.256. The van der Waals surface area contributed by atoms with Crippen LogP contribution in [0.3, 0.4) is 0 Å². The molecule has 0 radical (unpaired) electrons. The first-order valence-corrected chi connectivity index (χ1v) is 12.8. The summed E-state index contributed by atoms with van der Waals surface area (Å²) >= 11 is 0. The fraction of sp³-hybridized carbons (Fsp3) is 0.182. The van der Waals surface area contributed by atoms with Gasteiger partial charge in [0.1, 0.15) is 0 Å². The Balaban J connectivity index is 1.52. The van der Waals surface area contributed by atoms with Crippen LogP contribution in [0.5, 0.6) is 0 Å². The van der Waals surface area contributed by atoms with Crippen LogP contribution >= 0.6 is 0 Å². The van der Waals surface area contributed by atoms with Gasteiger partial charge < -0.3 is 0 Å². The summed E-state index contributed by atoms with van der Waals surface area (Å²) in [6.45, 7) is 4.15. The standard InChI is InChI=1S/C33H26N2O2/c1-20-11-10-18-27(21(20)2)34-19-33-25-16-8-6-14-23(25)28(24-15-7-9-17-26(24)33)29-30(33)32(37)35(31(29)36)22-12-4-3-5-13-22/h3-19,28-30H,1-2H3/t28?,29-,30-,33?/m0/s1. The smallest absolute Gasteiger partial charge is 0.239 e. The second kappa shape index (κ2) is 7.84. The van der Waals surface area contributed by atoms with Crippen LogP contribution in [0.4, 0.5) is 11.4 Å². The number of carbonyl (C=O) groups is 2. The molecule has 0 saturated carbocycles. The fourth-order valence-corrected chi connectivity index (χ4v) is 6.93. The summed E-state index contributed by atoms with van der Waals surface area (Å²) in [7, 11) is 0. The molecule has 2 amide bonds.